The van der Waals surface area contributed by atoms with Crippen LogP contribution in [0.15, 0.2) is 52.2 Å². The first-order valence-corrected chi connectivity index (χ1v) is 13.2. The second-order valence-corrected chi connectivity index (χ2v) is 11.3. The largest absolute Gasteiger partial charge is 0.327 e. The van der Waals surface area contributed by atoms with Gasteiger partial charge in [0.25, 0.3) is 5.56 Å². The quantitative estimate of drug-likeness (QED) is 0.381. The molecule has 0 aliphatic heterocycles. The predicted octanol–water partition coefficient (Wildman–Crippen LogP) is 3.34. The number of aryl methyl sites for hydroxylation is 1. The number of nitrogens with zero attached hydrogens (tertiary/aromatic N) is 5. The Morgan fingerprint density at radius 1 is 1.03 bits per heavy atom. The maximum Gasteiger partial charge on any atom is 0.258 e. The highest BCUT2D eigenvalue weighted by atomic mass is 32.2. The number of sulfonamides is 1. The third kappa shape index (κ3) is 5.00. The van der Waals surface area contributed by atoms with Crippen LogP contribution < -0.4 is 5.56 Å². The molecule has 10 heteroatoms. The van der Waals surface area contributed by atoms with Gasteiger partial charge in [-0.1, -0.05) is 19.1 Å². The van der Waals surface area contributed by atoms with Gasteiger partial charge < -0.3 is 9.55 Å². The molecule has 0 unspecified atom stereocenters. The smallest absolute Gasteiger partial charge is 0.258 e. The van der Waals surface area contributed by atoms with Gasteiger partial charge in [-0.25, -0.2) is 22.7 Å². The van der Waals surface area contributed by atoms with E-state index in [0.29, 0.717) is 35.3 Å². The van der Waals surface area contributed by atoms with Gasteiger partial charge in [0.05, 0.1) is 39.9 Å². The zero-order valence-corrected chi connectivity index (χ0v) is 21.6. The summed E-state index contributed by atoms with van der Waals surface area (Å²) in [5, 5.41) is 0.570. The molecule has 2 aromatic heterocycles. The van der Waals surface area contributed by atoms with Crippen LogP contribution in [0.25, 0.3) is 21.9 Å². The Bertz CT molecular complexity index is 1520. The lowest BCUT2D eigenvalue weighted by Gasteiger charge is -2.26. The highest BCUT2D eigenvalue weighted by Gasteiger charge is 2.21. The SMILES string of the molecule is CCCn1c(CN(Cc2nc3ccccc3c(=O)[nH]2)C(C)C)nc2cc(S(=O)(=O)N(C)C)ccc21. The Morgan fingerprint density at radius 3 is 2.46 bits per heavy atom. The van der Waals surface area contributed by atoms with Crippen molar-refractivity contribution in [3.8, 4) is 0 Å². The Morgan fingerprint density at radius 2 is 1.77 bits per heavy atom. The number of imidazole rings is 1. The molecule has 0 aliphatic carbocycles. The van der Waals surface area contributed by atoms with Crippen LogP contribution >= 0.6 is 0 Å². The van der Waals surface area contributed by atoms with E-state index in [0.717, 1.165) is 24.3 Å². The zero-order chi connectivity index (χ0) is 25.3. The van der Waals surface area contributed by atoms with E-state index in [1.165, 1.54) is 18.4 Å². The Labute approximate surface area is 205 Å². The van der Waals surface area contributed by atoms with Gasteiger partial charge in [0, 0.05) is 26.7 Å². The molecule has 0 saturated heterocycles. The van der Waals surface area contributed by atoms with Crippen LogP contribution in [0, 0.1) is 0 Å². The first-order valence-electron chi connectivity index (χ1n) is 11.8. The molecule has 9 nitrogen and oxygen atoms in total. The van der Waals surface area contributed by atoms with E-state index in [-0.39, 0.29) is 16.5 Å². The molecule has 0 saturated carbocycles. The zero-order valence-electron chi connectivity index (χ0n) is 20.8. The van der Waals surface area contributed by atoms with Gasteiger partial charge in [-0.2, -0.15) is 0 Å². The minimum atomic E-state index is -3.55. The molecule has 0 atom stereocenters. The third-order valence-electron chi connectivity index (χ3n) is 6.11. The number of nitrogens with one attached hydrogen (secondary N) is 1. The minimum absolute atomic E-state index is 0.151. The molecule has 0 bridgehead atoms. The molecule has 2 aromatic carbocycles. The van der Waals surface area contributed by atoms with E-state index >= 15 is 0 Å². The molecular formula is C25H32N6O3S. The van der Waals surface area contributed by atoms with E-state index < -0.39 is 10.0 Å². The van der Waals surface area contributed by atoms with Crippen molar-refractivity contribution >= 4 is 32.0 Å². The normalized spacial score (nSPS) is 12.6. The van der Waals surface area contributed by atoms with E-state index in [1.54, 1.807) is 18.2 Å². The topological polar surface area (TPSA) is 104 Å². The van der Waals surface area contributed by atoms with Gasteiger partial charge in [-0.15, -0.1) is 0 Å². The maximum atomic E-state index is 12.6. The molecule has 4 aromatic rings. The van der Waals surface area contributed by atoms with Crippen LogP contribution in [0.1, 0.15) is 38.8 Å². The number of aromatic nitrogens is 4. The Kier molecular flexibility index (Phi) is 7.07. The summed E-state index contributed by atoms with van der Waals surface area (Å²) in [6, 6.07) is 12.6. The summed E-state index contributed by atoms with van der Waals surface area (Å²) in [6.45, 7) is 8.03. The number of hydrogen-bond acceptors (Lipinski definition) is 6. The molecule has 0 amide bonds. The molecule has 0 aliphatic rings. The van der Waals surface area contributed by atoms with Gasteiger partial charge in [-0.3, -0.25) is 9.69 Å². The molecule has 186 valence electrons. The summed E-state index contributed by atoms with van der Waals surface area (Å²) in [6.07, 6.45) is 0.914. The van der Waals surface area contributed by atoms with Crippen LogP contribution in [0.4, 0.5) is 0 Å². The van der Waals surface area contributed by atoms with Gasteiger partial charge in [0.15, 0.2) is 0 Å². The van der Waals surface area contributed by atoms with Crippen molar-refractivity contribution in [2.45, 2.75) is 57.8 Å². The highest BCUT2D eigenvalue weighted by molar-refractivity contribution is 7.89. The molecule has 1 N–H and O–H groups in total. The fourth-order valence-electron chi connectivity index (χ4n) is 4.13. The number of aromatic amines is 1. The predicted molar refractivity (Wildman–Crippen MR) is 138 cm³/mol. The number of hydrogen-bond donors (Lipinski definition) is 1. The van der Waals surface area contributed by atoms with E-state index in [2.05, 4.69) is 40.2 Å². The molecule has 0 spiro atoms. The van der Waals surface area contributed by atoms with E-state index in [4.69, 9.17) is 4.98 Å². The first kappa shape index (κ1) is 25.0. The molecule has 0 radical (unpaired) electrons. The number of fused-ring (bicyclic) bond motifs is 2. The van der Waals surface area contributed by atoms with Crippen LogP contribution in [-0.2, 0) is 29.7 Å². The van der Waals surface area contributed by atoms with Crippen molar-refractivity contribution in [1.29, 1.82) is 0 Å². The summed E-state index contributed by atoms with van der Waals surface area (Å²) in [7, 11) is -0.512. The Balaban J connectivity index is 1.71. The van der Waals surface area contributed by atoms with Gasteiger partial charge in [0.1, 0.15) is 11.6 Å². The number of para-hydroxylation sites is 1. The molecule has 35 heavy (non-hydrogen) atoms. The van der Waals surface area contributed by atoms with Crippen molar-refractivity contribution < 1.29 is 8.42 Å². The summed E-state index contributed by atoms with van der Waals surface area (Å²) in [5.41, 5.74) is 2.07. The average molecular weight is 497 g/mol. The van der Waals surface area contributed by atoms with Crippen LogP contribution in [0.2, 0.25) is 0 Å². The highest BCUT2D eigenvalue weighted by Crippen LogP contribution is 2.24. The lowest BCUT2D eigenvalue weighted by molar-refractivity contribution is 0.191. The lowest BCUT2D eigenvalue weighted by atomic mass is 10.2. The van der Waals surface area contributed by atoms with Crippen LogP contribution in [0.5, 0.6) is 0 Å². The van der Waals surface area contributed by atoms with Crippen LogP contribution in [0.3, 0.4) is 0 Å². The van der Waals surface area contributed by atoms with Gasteiger partial charge in [0.2, 0.25) is 10.0 Å². The second kappa shape index (κ2) is 9.88. The van der Waals surface area contributed by atoms with Crippen LogP contribution in [-0.4, -0.2) is 57.3 Å². The van der Waals surface area contributed by atoms with Crippen molar-refractivity contribution in [3.05, 3.63) is 64.5 Å². The third-order valence-corrected chi connectivity index (χ3v) is 7.93. The van der Waals surface area contributed by atoms with Crippen molar-refractivity contribution in [2.24, 2.45) is 0 Å². The van der Waals surface area contributed by atoms with Gasteiger partial charge >= 0.3 is 0 Å². The molecule has 2 heterocycles. The van der Waals surface area contributed by atoms with Crippen molar-refractivity contribution in [2.75, 3.05) is 14.1 Å². The Hall–Kier alpha value is -3.08. The van der Waals surface area contributed by atoms with Gasteiger partial charge in [-0.05, 0) is 50.6 Å². The summed E-state index contributed by atoms with van der Waals surface area (Å²) in [4.78, 5) is 27.4. The minimum Gasteiger partial charge on any atom is -0.327 e. The maximum absolute atomic E-state index is 12.6. The fourth-order valence-corrected chi connectivity index (χ4v) is 5.05. The van der Waals surface area contributed by atoms with Crippen molar-refractivity contribution in [1.82, 2.24) is 28.7 Å². The number of benzene rings is 2. The fraction of sp³-hybridized carbons (Fsp3) is 0.400. The standard InChI is InChI=1S/C25H32N6O3S/c1-6-13-31-22-12-11-18(35(33,34)29(4)5)14-21(22)27-24(31)16-30(17(2)3)15-23-26-20-10-8-7-9-19(20)25(32)28-23/h7-12,14,17H,6,13,15-16H2,1-5H3,(H,26,28,32). The van der Waals surface area contributed by atoms with Crippen molar-refractivity contribution in [3.63, 3.8) is 0 Å². The second-order valence-electron chi connectivity index (χ2n) is 9.15. The number of H-pyrrole nitrogens is 1. The molecule has 4 rings (SSSR count). The lowest BCUT2D eigenvalue weighted by Crippen LogP contribution is -2.32. The van der Waals surface area contributed by atoms with E-state index in [1.807, 2.05) is 24.3 Å². The monoisotopic (exact) mass is 496 g/mol. The molecular weight excluding hydrogens is 464 g/mol. The number of rotatable bonds is 9. The van der Waals surface area contributed by atoms with E-state index in [9.17, 15) is 13.2 Å². The summed E-state index contributed by atoms with van der Waals surface area (Å²) >= 11 is 0. The first-order chi connectivity index (χ1) is 16.6. The summed E-state index contributed by atoms with van der Waals surface area (Å²) < 4.78 is 28.6. The average Bonchev–Trinajstić information content (AvgIpc) is 3.15. The summed E-state index contributed by atoms with van der Waals surface area (Å²) in [5.74, 6) is 1.44. The molecule has 0 fully saturated rings.